The number of hydrogen-bond acceptors (Lipinski definition) is 6. The minimum atomic E-state index is -4.28. The molecule has 0 aliphatic carbocycles. The van der Waals surface area contributed by atoms with Crippen LogP contribution < -0.4 is 10.5 Å². The van der Waals surface area contributed by atoms with E-state index < -0.39 is 27.9 Å². The first-order valence-electron chi connectivity index (χ1n) is 10.1. The maximum absolute atomic E-state index is 12.7. The maximum Gasteiger partial charge on any atom is 0.264 e. The third kappa shape index (κ3) is 7.01. The van der Waals surface area contributed by atoms with Crippen molar-refractivity contribution in [3.05, 3.63) is 53.1 Å². The lowest BCUT2D eigenvalue weighted by Gasteiger charge is -2.21. The van der Waals surface area contributed by atoms with Crippen molar-refractivity contribution < 1.29 is 27.9 Å². The summed E-state index contributed by atoms with van der Waals surface area (Å²) in [4.78, 5) is 36.6. The number of sulfonamides is 1. The molecule has 0 aliphatic heterocycles. The van der Waals surface area contributed by atoms with Crippen LogP contribution >= 0.6 is 11.6 Å². The monoisotopic (exact) mass is 495 g/mol. The first-order chi connectivity index (χ1) is 15.5. The van der Waals surface area contributed by atoms with Crippen molar-refractivity contribution in [2.75, 3.05) is 6.54 Å². The highest BCUT2D eigenvalue weighted by Crippen LogP contribution is 2.33. The van der Waals surface area contributed by atoms with Crippen LogP contribution in [-0.2, 0) is 31.0 Å². The van der Waals surface area contributed by atoms with E-state index in [1.54, 1.807) is 24.3 Å². The molecule has 0 fully saturated rings. The van der Waals surface area contributed by atoms with E-state index in [-0.39, 0.29) is 40.9 Å². The summed E-state index contributed by atoms with van der Waals surface area (Å²) in [7, 11) is -4.28. The van der Waals surface area contributed by atoms with Gasteiger partial charge in [-0.2, -0.15) is 0 Å². The summed E-state index contributed by atoms with van der Waals surface area (Å²) in [5.74, 6) is -1.92. The Morgan fingerprint density at radius 3 is 2.39 bits per heavy atom. The van der Waals surface area contributed by atoms with Crippen LogP contribution in [0.5, 0.6) is 0 Å². The molecule has 4 N–H and O–H groups in total. The average Bonchev–Trinajstić information content (AvgIpc) is 2.73. The van der Waals surface area contributed by atoms with Crippen LogP contribution in [0, 0.1) is 0 Å². The van der Waals surface area contributed by atoms with Crippen molar-refractivity contribution in [3.63, 3.8) is 0 Å². The Bertz CT molecular complexity index is 1150. The van der Waals surface area contributed by atoms with Crippen LogP contribution in [-0.4, -0.2) is 48.8 Å². The molecule has 0 unspecified atom stereocenters. The summed E-state index contributed by atoms with van der Waals surface area (Å²) in [6.45, 7) is 2.87. The summed E-state index contributed by atoms with van der Waals surface area (Å²) in [6, 6.07) is 10.8. The molecule has 2 aromatic carbocycles. The fraction of sp³-hybridized carbons (Fsp3) is 0.318. The molecule has 9 nitrogen and oxygen atoms in total. The predicted molar refractivity (Wildman–Crippen MR) is 123 cm³/mol. The van der Waals surface area contributed by atoms with Crippen molar-refractivity contribution >= 4 is 39.3 Å². The fourth-order valence-electron chi connectivity index (χ4n) is 3.08. The van der Waals surface area contributed by atoms with Crippen LogP contribution in [0.1, 0.15) is 32.3 Å². The largest absolute Gasteiger partial charge is 0.384 e. The third-order valence-electron chi connectivity index (χ3n) is 4.65. The van der Waals surface area contributed by atoms with Gasteiger partial charge in [0, 0.05) is 29.1 Å². The molecule has 0 aliphatic rings. The Hall–Kier alpha value is -2.95. The number of nitrogens with one attached hydrogen (secondary N) is 1. The number of rotatable bonds is 10. The van der Waals surface area contributed by atoms with Crippen LogP contribution in [0.4, 0.5) is 0 Å². The van der Waals surface area contributed by atoms with Crippen molar-refractivity contribution in [2.24, 2.45) is 5.73 Å². The number of carbonyl (C=O) groups is 3. The van der Waals surface area contributed by atoms with Gasteiger partial charge in [-0.1, -0.05) is 48.9 Å². The van der Waals surface area contributed by atoms with E-state index in [9.17, 15) is 27.9 Å². The van der Waals surface area contributed by atoms with Gasteiger partial charge in [0.2, 0.25) is 11.8 Å². The molecule has 0 spiro atoms. The van der Waals surface area contributed by atoms with Crippen LogP contribution in [0.25, 0.3) is 11.1 Å². The van der Waals surface area contributed by atoms with Gasteiger partial charge in [0.1, 0.15) is 6.10 Å². The van der Waals surface area contributed by atoms with Gasteiger partial charge < -0.3 is 15.7 Å². The van der Waals surface area contributed by atoms with E-state index in [0.29, 0.717) is 17.5 Å². The number of benzene rings is 2. The first kappa shape index (κ1) is 26.3. The molecule has 2 rings (SSSR count). The molecule has 0 radical (unpaired) electrons. The number of aliphatic hydroxyl groups excluding tert-OH is 1. The second-order valence-electron chi connectivity index (χ2n) is 7.42. The number of primary amides is 1. The lowest BCUT2D eigenvalue weighted by atomic mass is 10.0. The molecule has 2 aromatic rings. The lowest BCUT2D eigenvalue weighted by molar-refractivity contribution is -0.135. The first-order valence-corrected chi connectivity index (χ1v) is 12.0. The highest BCUT2D eigenvalue weighted by atomic mass is 35.5. The van der Waals surface area contributed by atoms with Crippen LogP contribution in [0.15, 0.2) is 47.4 Å². The zero-order chi connectivity index (χ0) is 24.8. The molecule has 0 saturated carbocycles. The minimum absolute atomic E-state index is 0.103. The normalized spacial score (nSPS) is 12.1. The number of carbonyl (C=O) groups excluding carboxylic acids is 3. The summed E-state index contributed by atoms with van der Waals surface area (Å²) >= 11 is 6.45. The van der Waals surface area contributed by atoms with Gasteiger partial charge in [-0.15, -0.1) is 0 Å². The molecule has 3 amide bonds. The van der Waals surface area contributed by atoms with E-state index in [1.165, 1.54) is 23.1 Å². The van der Waals surface area contributed by atoms with Gasteiger partial charge >= 0.3 is 0 Å². The standard InChI is InChI=1S/C22H26ClN3O6S/c1-3-6-21(29)26(13-20(24)28)12-15-9-10-16(18(23)11-15)17-7-4-5-8-19(17)33(31,32)25-22(30)14(2)27/h4-5,7-11,14,27H,3,6,12-13H2,1-2H3,(H2,24,28)(H,25,30)/t14-/m0/s1. The smallest absolute Gasteiger partial charge is 0.264 e. The molecule has 0 heterocycles. The van der Waals surface area contributed by atoms with E-state index >= 15 is 0 Å². The van der Waals surface area contributed by atoms with Gasteiger partial charge in [-0.05, 0) is 31.0 Å². The molecule has 1 atom stereocenters. The van der Waals surface area contributed by atoms with E-state index in [1.807, 2.05) is 11.6 Å². The quantitative estimate of drug-likeness (QED) is 0.458. The van der Waals surface area contributed by atoms with E-state index in [2.05, 4.69) is 0 Å². The Balaban J connectivity index is 2.40. The van der Waals surface area contributed by atoms with Crippen LogP contribution in [0.3, 0.4) is 0 Å². The average molecular weight is 496 g/mol. The van der Waals surface area contributed by atoms with Crippen molar-refractivity contribution in [1.82, 2.24) is 9.62 Å². The van der Waals surface area contributed by atoms with Gasteiger partial charge in [0.05, 0.1) is 11.4 Å². The molecule has 0 aromatic heterocycles. The fourth-order valence-corrected chi connectivity index (χ4v) is 4.66. The number of hydrogen-bond donors (Lipinski definition) is 3. The van der Waals surface area contributed by atoms with Gasteiger partial charge in [-0.25, -0.2) is 13.1 Å². The van der Waals surface area contributed by atoms with Crippen molar-refractivity contribution in [1.29, 1.82) is 0 Å². The molecule has 178 valence electrons. The number of halogens is 1. The van der Waals surface area contributed by atoms with Crippen LogP contribution in [0.2, 0.25) is 5.02 Å². The molecular formula is C22H26ClN3O6S. The molecule has 33 heavy (non-hydrogen) atoms. The Labute approximate surface area is 197 Å². The Morgan fingerprint density at radius 2 is 1.82 bits per heavy atom. The molecule has 11 heteroatoms. The summed E-state index contributed by atoms with van der Waals surface area (Å²) in [5, 5.41) is 9.54. The highest BCUT2D eigenvalue weighted by Gasteiger charge is 2.24. The minimum Gasteiger partial charge on any atom is -0.384 e. The van der Waals surface area contributed by atoms with Gasteiger partial charge in [0.15, 0.2) is 0 Å². The lowest BCUT2D eigenvalue weighted by Crippen LogP contribution is -2.37. The Morgan fingerprint density at radius 1 is 1.15 bits per heavy atom. The SMILES string of the molecule is CCCC(=O)N(CC(N)=O)Cc1ccc(-c2ccccc2S(=O)(=O)NC(=O)[C@H](C)O)c(Cl)c1. The molecular weight excluding hydrogens is 470 g/mol. The maximum atomic E-state index is 12.7. The zero-order valence-corrected chi connectivity index (χ0v) is 19.8. The Kier molecular flexibility index (Phi) is 8.98. The second kappa shape index (κ2) is 11.3. The summed E-state index contributed by atoms with van der Waals surface area (Å²) < 4.78 is 27.3. The number of nitrogens with zero attached hydrogens (tertiary/aromatic N) is 1. The topological polar surface area (TPSA) is 147 Å². The van der Waals surface area contributed by atoms with Gasteiger partial charge in [-0.3, -0.25) is 14.4 Å². The van der Waals surface area contributed by atoms with Crippen molar-refractivity contribution in [2.45, 2.75) is 44.2 Å². The summed E-state index contributed by atoms with van der Waals surface area (Å²) in [6.07, 6.45) is -0.624. The second-order valence-corrected chi connectivity index (χ2v) is 9.48. The number of nitrogens with two attached hydrogens (primary N) is 1. The van der Waals surface area contributed by atoms with E-state index in [4.69, 9.17) is 17.3 Å². The number of amides is 3. The van der Waals surface area contributed by atoms with E-state index in [0.717, 1.165) is 6.92 Å². The van der Waals surface area contributed by atoms with Crippen molar-refractivity contribution in [3.8, 4) is 11.1 Å². The number of aliphatic hydroxyl groups is 1. The molecule has 0 saturated heterocycles. The van der Waals surface area contributed by atoms with Gasteiger partial charge in [0.25, 0.3) is 15.9 Å². The predicted octanol–water partition coefficient (Wildman–Crippen LogP) is 1.81. The molecule has 0 bridgehead atoms. The highest BCUT2D eigenvalue weighted by molar-refractivity contribution is 7.90. The summed E-state index contributed by atoms with van der Waals surface area (Å²) in [5.41, 5.74) is 6.51. The zero-order valence-electron chi connectivity index (χ0n) is 18.2. The third-order valence-corrected chi connectivity index (χ3v) is 6.37.